The van der Waals surface area contributed by atoms with E-state index in [0.717, 1.165) is 53.1 Å². The van der Waals surface area contributed by atoms with Crippen molar-refractivity contribution >= 4 is 0 Å². The third-order valence-corrected chi connectivity index (χ3v) is 8.40. The molecular formula is C37H40N2O4. The van der Waals surface area contributed by atoms with Crippen LogP contribution in [0.5, 0.6) is 0 Å². The van der Waals surface area contributed by atoms with Gasteiger partial charge in [-0.25, -0.2) is 0 Å². The number of fused-ring (bicyclic) bond motifs is 1. The molecule has 0 amide bonds. The molecule has 0 radical (unpaired) electrons. The summed E-state index contributed by atoms with van der Waals surface area (Å²) >= 11 is 0. The highest BCUT2D eigenvalue weighted by Gasteiger charge is 2.35. The van der Waals surface area contributed by atoms with Gasteiger partial charge in [0.25, 0.3) is 0 Å². The molecule has 0 saturated carbocycles. The van der Waals surface area contributed by atoms with Crippen molar-refractivity contribution in [1.29, 1.82) is 0 Å². The van der Waals surface area contributed by atoms with Gasteiger partial charge in [-0.3, -0.25) is 0 Å². The van der Waals surface area contributed by atoms with E-state index in [2.05, 4.69) is 85.6 Å². The summed E-state index contributed by atoms with van der Waals surface area (Å²) < 4.78 is 19.2. The van der Waals surface area contributed by atoms with Gasteiger partial charge in [0, 0.05) is 13.1 Å². The highest BCUT2D eigenvalue weighted by atomic mass is 16.5. The van der Waals surface area contributed by atoms with E-state index < -0.39 is 0 Å². The van der Waals surface area contributed by atoms with Gasteiger partial charge >= 0.3 is 0 Å². The maximum atomic E-state index is 10.3. The van der Waals surface area contributed by atoms with Crippen LogP contribution in [0, 0.1) is 5.92 Å². The average molecular weight is 577 g/mol. The fourth-order valence-corrected chi connectivity index (χ4v) is 6.04. The van der Waals surface area contributed by atoms with Crippen molar-refractivity contribution in [1.82, 2.24) is 10.1 Å². The predicted molar refractivity (Wildman–Crippen MR) is 168 cm³/mol. The van der Waals surface area contributed by atoms with Crippen LogP contribution in [0.15, 0.2) is 107 Å². The Bertz CT molecular complexity index is 1590. The number of benzene rings is 3. The van der Waals surface area contributed by atoms with Crippen molar-refractivity contribution in [2.24, 2.45) is 5.92 Å². The van der Waals surface area contributed by atoms with Gasteiger partial charge in [0.15, 0.2) is 5.76 Å². The van der Waals surface area contributed by atoms with Gasteiger partial charge in [-0.05, 0) is 58.9 Å². The zero-order chi connectivity index (χ0) is 29.8. The highest BCUT2D eigenvalue weighted by molar-refractivity contribution is 5.71. The van der Waals surface area contributed by atoms with Crippen molar-refractivity contribution < 1.29 is 19.1 Å². The van der Waals surface area contributed by atoms with Crippen LogP contribution in [0.1, 0.15) is 53.5 Å². The van der Waals surface area contributed by atoms with Crippen molar-refractivity contribution in [3.63, 3.8) is 0 Å². The molecular weight excluding hydrogens is 536 g/mol. The second kappa shape index (κ2) is 13.1. The maximum absolute atomic E-state index is 10.3. The number of aliphatic hydroxyl groups excluding tert-OH is 1. The van der Waals surface area contributed by atoms with Gasteiger partial charge in [-0.15, -0.1) is 0 Å². The van der Waals surface area contributed by atoms with Gasteiger partial charge in [-0.1, -0.05) is 104 Å². The van der Waals surface area contributed by atoms with Crippen LogP contribution in [0.25, 0.3) is 11.1 Å². The van der Waals surface area contributed by atoms with E-state index in [1.165, 1.54) is 11.1 Å². The third kappa shape index (κ3) is 6.52. The molecule has 1 aliphatic carbocycles. The van der Waals surface area contributed by atoms with E-state index in [9.17, 15) is 5.11 Å². The number of likely N-dealkylation sites (N-methyl/N-ethyl adjacent to an activating group) is 1. The molecule has 2 atom stereocenters. The average Bonchev–Trinajstić information content (AvgIpc) is 3.47. The minimum Gasteiger partial charge on any atom is -0.489 e. The summed E-state index contributed by atoms with van der Waals surface area (Å²) in [5, 5.41) is 14.7. The summed E-state index contributed by atoms with van der Waals surface area (Å²) in [6.45, 7) is 7.02. The molecule has 2 heterocycles. The summed E-state index contributed by atoms with van der Waals surface area (Å²) in [7, 11) is 2.15. The van der Waals surface area contributed by atoms with E-state index in [0.29, 0.717) is 24.7 Å². The molecule has 6 nitrogen and oxygen atoms in total. The van der Waals surface area contributed by atoms with E-state index in [1.807, 2.05) is 36.4 Å². The Morgan fingerprint density at radius 1 is 0.930 bits per heavy atom. The predicted octanol–water partition coefficient (Wildman–Crippen LogP) is 7.19. The van der Waals surface area contributed by atoms with Crippen LogP contribution < -0.4 is 0 Å². The smallest absolute Gasteiger partial charge is 0.154 e. The van der Waals surface area contributed by atoms with Crippen molar-refractivity contribution in [3.8, 4) is 11.1 Å². The number of allylic oxidation sites excluding steroid dienone is 1. The Hall–Kier alpha value is -3.97. The molecule has 0 spiro atoms. The van der Waals surface area contributed by atoms with Gasteiger partial charge in [0.1, 0.15) is 18.1 Å². The lowest BCUT2D eigenvalue weighted by atomic mass is 9.83. The van der Waals surface area contributed by atoms with Gasteiger partial charge in [0.2, 0.25) is 0 Å². The Kier molecular flexibility index (Phi) is 8.89. The molecule has 1 N–H and O–H groups in total. The molecule has 2 unspecified atom stereocenters. The number of hydrogen-bond acceptors (Lipinski definition) is 6. The van der Waals surface area contributed by atoms with Crippen molar-refractivity contribution in [2.75, 3.05) is 13.6 Å². The van der Waals surface area contributed by atoms with Crippen LogP contribution in [0.2, 0.25) is 0 Å². The molecule has 43 heavy (non-hydrogen) atoms. The third-order valence-electron chi connectivity index (χ3n) is 8.40. The molecule has 0 bridgehead atoms. The van der Waals surface area contributed by atoms with Crippen molar-refractivity contribution in [3.05, 3.63) is 136 Å². The SMILES string of the molecule is CC(C)C1=CC(c2onc(CO)c2-c2ccc3c(c2)CCN(C)C3)C(OCc2ccccc2)C=C1OCc1ccccc1. The number of ether oxygens (including phenoxy) is 2. The molecule has 2 aliphatic rings. The first-order valence-electron chi connectivity index (χ1n) is 15.2. The first-order valence-corrected chi connectivity index (χ1v) is 15.2. The maximum Gasteiger partial charge on any atom is 0.154 e. The summed E-state index contributed by atoms with van der Waals surface area (Å²) in [5.74, 6) is 1.49. The Morgan fingerprint density at radius 3 is 2.35 bits per heavy atom. The summed E-state index contributed by atoms with van der Waals surface area (Å²) in [6, 6.07) is 27.0. The summed E-state index contributed by atoms with van der Waals surface area (Å²) in [5.41, 5.74) is 8.38. The lowest BCUT2D eigenvalue weighted by Gasteiger charge is -2.30. The largest absolute Gasteiger partial charge is 0.489 e. The highest BCUT2D eigenvalue weighted by Crippen LogP contribution is 2.42. The van der Waals surface area contributed by atoms with Crippen molar-refractivity contribution in [2.45, 2.75) is 58.7 Å². The summed E-state index contributed by atoms with van der Waals surface area (Å²) in [6.07, 6.45) is 4.94. The number of rotatable bonds is 10. The number of nitrogens with zero attached hydrogens (tertiary/aromatic N) is 2. The van der Waals surface area contributed by atoms with Gasteiger partial charge in [0.05, 0.1) is 30.8 Å². The summed E-state index contributed by atoms with van der Waals surface area (Å²) in [4.78, 5) is 2.34. The first kappa shape index (κ1) is 29.1. The molecule has 4 aromatic rings. The fourth-order valence-electron chi connectivity index (χ4n) is 6.04. The molecule has 3 aromatic carbocycles. The monoisotopic (exact) mass is 576 g/mol. The second-order valence-corrected chi connectivity index (χ2v) is 11.9. The molecule has 1 aliphatic heterocycles. The molecule has 1 aromatic heterocycles. The van der Waals surface area contributed by atoms with Crippen LogP contribution in [-0.4, -0.2) is 34.9 Å². The number of hydrogen-bond donors (Lipinski definition) is 1. The Morgan fingerprint density at radius 2 is 1.65 bits per heavy atom. The molecule has 222 valence electrons. The van der Waals surface area contributed by atoms with Crippen LogP contribution >= 0.6 is 0 Å². The number of aromatic nitrogens is 1. The van der Waals surface area contributed by atoms with Crippen LogP contribution in [0.4, 0.5) is 0 Å². The minimum absolute atomic E-state index is 0.205. The molecule has 6 heteroatoms. The van der Waals surface area contributed by atoms with E-state index in [4.69, 9.17) is 14.0 Å². The Labute approximate surface area is 254 Å². The van der Waals surface area contributed by atoms with Gasteiger partial charge in [-0.2, -0.15) is 0 Å². The quantitative estimate of drug-likeness (QED) is 0.216. The normalized spacial score (nSPS) is 18.7. The second-order valence-electron chi connectivity index (χ2n) is 11.9. The molecule has 0 fully saturated rings. The molecule has 6 rings (SSSR count). The topological polar surface area (TPSA) is 68.0 Å². The lowest BCUT2D eigenvalue weighted by Crippen LogP contribution is -2.26. The minimum atomic E-state index is -0.363. The number of aliphatic hydroxyl groups is 1. The Balaban J connectivity index is 1.39. The van der Waals surface area contributed by atoms with E-state index in [-0.39, 0.29) is 24.5 Å². The van der Waals surface area contributed by atoms with Crippen LogP contribution in [0.3, 0.4) is 0 Å². The first-order chi connectivity index (χ1) is 21.0. The van der Waals surface area contributed by atoms with Gasteiger partial charge < -0.3 is 24.0 Å². The van der Waals surface area contributed by atoms with E-state index in [1.54, 1.807) is 0 Å². The molecule has 0 saturated heterocycles. The standard InChI is InChI=1S/C37H40N2O4/c1-25(2)31-19-32(37-36(33(22-40)38-43-37)29-14-15-30-21-39(3)17-16-28(30)18-29)35(42-24-27-12-8-5-9-13-27)20-34(31)41-23-26-10-6-4-7-11-26/h4-15,18-20,25,32,35,40H,16-17,21-24H2,1-3H3. The fraction of sp³-hybridized carbons (Fsp3) is 0.324. The van der Waals surface area contributed by atoms with E-state index >= 15 is 0 Å². The zero-order valence-electron chi connectivity index (χ0n) is 25.2. The lowest BCUT2D eigenvalue weighted by molar-refractivity contribution is 0.0508. The zero-order valence-corrected chi connectivity index (χ0v) is 25.2. The van der Waals surface area contributed by atoms with Crippen LogP contribution in [-0.2, 0) is 42.3 Å².